The Morgan fingerprint density at radius 1 is 1.25 bits per heavy atom. The van der Waals surface area contributed by atoms with Gasteiger partial charge >= 0.3 is 0 Å². The van der Waals surface area contributed by atoms with Crippen LogP contribution in [0.5, 0.6) is 11.5 Å². The van der Waals surface area contributed by atoms with Crippen LogP contribution in [0.15, 0.2) is 22.6 Å². The number of hydrogen-bond acceptors (Lipinski definition) is 6. The van der Waals surface area contributed by atoms with Crippen LogP contribution < -0.4 is 15.2 Å². The van der Waals surface area contributed by atoms with Crippen LogP contribution in [-0.4, -0.2) is 23.9 Å². The summed E-state index contributed by atoms with van der Waals surface area (Å²) in [6.45, 7) is 2.75. The number of nitrogens with two attached hydrogens (primary N) is 1. The Morgan fingerprint density at radius 3 is 2.70 bits per heavy atom. The van der Waals surface area contributed by atoms with Gasteiger partial charge in [-0.1, -0.05) is 13.0 Å². The number of aromatic nitrogens is 2. The molecule has 0 amide bonds. The number of methoxy groups -OCH3 is 1. The molecular weight excluding hydrogens is 258 g/mol. The van der Waals surface area contributed by atoms with Gasteiger partial charge < -0.3 is 19.6 Å². The first-order valence-corrected chi connectivity index (χ1v) is 6.57. The average molecular weight is 277 g/mol. The van der Waals surface area contributed by atoms with Gasteiger partial charge in [-0.05, 0) is 24.6 Å². The molecule has 6 heteroatoms. The van der Waals surface area contributed by atoms with Crippen LogP contribution in [0.4, 0.5) is 0 Å². The van der Waals surface area contributed by atoms with Crippen molar-refractivity contribution < 1.29 is 13.9 Å². The van der Waals surface area contributed by atoms with E-state index in [0.29, 0.717) is 24.7 Å². The van der Waals surface area contributed by atoms with Crippen LogP contribution in [0.1, 0.15) is 24.3 Å². The molecule has 0 unspecified atom stereocenters. The highest BCUT2D eigenvalue weighted by atomic mass is 16.5. The van der Waals surface area contributed by atoms with Crippen LogP contribution in [-0.2, 0) is 19.4 Å². The molecule has 0 fully saturated rings. The third-order valence-electron chi connectivity index (χ3n) is 2.85. The van der Waals surface area contributed by atoms with E-state index in [0.717, 1.165) is 23.5 Å². The summed E-state index contributed by atoms with van der Waals surface area (Å²) in [5.74, 6) is 2.53. The Hall–Kier alpha value is -2.08. The summed E-state index contributed by atoms with van der Waals surface area (Å²) in [6.07, 6.45) is 1.45. The number of rotatable bonds is 7. The van der Waals surface area contributed by atoms with Gasteiger partial charge in [-0.3, -0.25) is 0 Å². The molecular formula is C14H19N3O3. The van der Waals surface area contributed by atoms with Gasteiger partial charge in [-0.2, -0.15) is 0 Å². The minimum atomic E-state index is 0.234. The van der Waals surface area contributed by atoms with Crippen LogP contribution in [0.2, 0.25) is 0 Å². The molecule has 0 radical (unpaired) electrons. The van der Waals surface area contributed by atoms with Crippen LogP contribution >= 0.6 is 0 Å². The van der Waals surface area contributed by atoms with E-state index in [9.17, 15) is 0 Å². The standard InChI is InChI=1S/C14H19N3O3/c1-3-13-16-17-14(20-13)9-19-12-8-11(18-2)5-4-10(12)6-7-15/h4-5,8H,3,6-7,9,15H2,1-2H3. The van der Waals surface area contributed by atoms with Crippen molar-refractivity contribution in [2.75, 3.05) is 13.7 Å². The first kappa shape index (κ1) is 14.3. The van der Waals surface area contributed by atoms with Crippen LogP contribution in [0.25, 0.3) is 0 Å². The number of aryl methyl sites for hydroxylation is 1. The second-order valence-corrected chi connectivity index (χ2v) is 4.24. The van der Waals surface area contributed by atoms with E-state index < -0.39 is 0 Å². The van der Waals surface area contributed by atoms with E-state index in [-0.39, 0.29) is 6.61 Å². The topological polar surface area (TPSA) is 83.4 Å². The largest absolute Gasteiger partial charge is 0.497 e. The highest BCUT2D eigenvalue weighted by Crippen LogP contribution is 2.25. The minimum Gasteiger partial charge on any atom is -0.497 e. The van der Waals surface area contributed by atoms with Crippen molar-refractivity contribution in [2.24, 2.45) is 5.73 Å². The molecule has 20 heavy (non-hydrogen) atoms. The molecule has 0 aliphatic carbocycles. The van der Waals surface area contributed by atoms with Gasteiger partial charge in [0.05, 0.1) is 7.11 Å². The Bertz CT molecular complexity index is 554. The van der Waals surface area contributed by atoms with E-state index in [1.54, 1.807) is 7.11 Å². The summed E-state index contributed by atoms with van der Waals surface area (Å²) >= 11 is 0. The molecule has 0 aliphatic heterocycles. The number of benzene rings is 1. The highest BCUT2D eigenvalue weighted by Gasteiger charge is 2.09. The molecule has 0 saturated heterocycles. The molecule has 6 nitrogen and oxygen atoms in total. The molecule has 2 N–H and O–H groups in total. The second kappa shape index (κ2) is 6.91. The van der Waals surface area contributed by atoms with Crippen molar-refractivity contribution in [2.45, 2.75) is 26.4 Å². The normalized spacial score (nSPS) is 10.6. The zero-order chi connectivity index (χ0) is 14.4. The number of hydrogen-bond donors (Lipinski definition) is 1. The Morgan fingerprint density at radius 2 is 2.05 bits per heavy atom. The van der Waals surface area contributed by atoms with Crippen molar-refractivity contribution in [1.82, 2.24) is 10.2 Å². The maximum atomic E-state index is 5.74. The summed E-state index contributed by atoms with van der Waals surface area (Å²) in [7, 11) is 1.62. The first-order valence-electron chi connectivity index (χ1n) is 6.57. The van der Waals surface area contributed by atoms with Crippen LogP contribution in [0, 0.1) is 0 Å². The Kier molecular flexibility index (Phi) is 4.95. The molecule has 108 valence electrons. The fourth-order valence-electron chi connectivity index (χ4n) is 1.79. The summed E-state index contributed by atoms with van der Waals surface area (Å²) in [5.41, 5.74) is 6.63. The third kappa shape index (κ3) is 3.48. The average Bonchev–Trinajstić information content (AvgIpc) is 2.94. The van der Waals surface area contributed by atoms with Crippen molar-refractivity contribution in [3.63, 3.8) is 0 Å². The fourth-order valence-corrected chi connectivity index (χ4v) is 1.79. The van der Waals surface area contributed by atoms with Gasteiger partial charge in [0.25, 0.3) is 5.89 Å². The van der Waals surface area contributed by atoms with Gasteiger partial charge in [-0.15, -0.1) is 10.2 Å². The molecule has 1 aromatic heterocycles. The molecule has 0 atom stereocenters. The van der Waals surface area contributed by atoms with Gasteiger partial charge in [0, 0.05) is 12.5 Å². The van der Waals surface area contributed by atoms with Gasteiger partial charge in [-0.25, -0.2) is 0 Å². The lowest BCUT2D eigenvalue weighted by atomic mass is 10.1. The van der Waals surface area contributed by atoms with E-state index >= 15 is 0 Å². The first-order chi connectivity index (χ1) is 9.76. The maximum absolute atomic E-state index is 5.74. The summed E-state index contributed by atoms with van der Waals surface area (Å²) in [5, 5.41) is 7.82. The smallest absolute Gasteiger partial charge is 0.253 e. The number of nitrogens with zero attached hydrogens (tertiary/aromatic N) is 2. The lowest BCUT2D eigenvalue weighted by molar-refractivity contribution is 0.256. The summed E-state index contributed by atoms with van der Waals surface area (Å²) in [4.78, 5) is 0. The van der Waals surface area contributed by atoms with Crippen molar-refractivity contribution in [3.8, 4) is 11.5 Å². The van der Waals surface area contributed by atoms with Crippen molar-refractivity contribution >= 4 is 0 Å². The third-order valence-corrected chi connectivity index (χ3v) is 2.85. The van der Waals surface area contributed by atoms with Crippen molar-refractivity contribution in [3.05, 3.63) is 35.5 Å². The maximum Gasteiger partial charge on any atom is 0.253 e. The highest BCUT2D eigenvalue weighted by molar-refractivity contribution is 5.41. The summed E-state index contributed by atoms with van der Waals surface area (Å²) in [6, 6.07) is 5.67. The molecule has 0 bridgehead atoms. The van der Waals surface area contributed by atoms with Gasteiger partial charge in [0.15, 0.2) is 6.61 Å². The monoisotopic (exact) mass is 277 g/mol. The van der Waals surface area contributed by atoms with E-state index in [4.69, 9.17) is 19.6 Å². The molecule has 0 saturated carbocycles. The fraction of sp³-hybridized carbons (Fsp3) is 0.429. The lowest BCUT2D eigenvalue weighted by Gasteiger charge is -2.11. The second-order valence-electron chi connectivity index (χ2n) is 4.24. The summed E-state index contributed by atoms with van der Waals surface area (Å²) < 4.78 is 16.4. The number of ether oxygens (including phenoxy) is 2. The predicted octanol–water partition coefficient (Wildman–Crippen LogP) is 1.72. The van der Waals surface area contributed by atoms with Gasteiger partial charge in [0.1, 0.15) is 11.5 Å². The molecule has 0 spiro atoms. The lowest BCUT2D eigenvalue weighted by Crippen LogP contribution is -2.06. The Balaban J connectivity index is 2.09. The van der Waals surface area contributed by atoms with E-state index in [1.165, 1.54) is 0 Å². The van der Waals surface area contributed by atoms with Gasteiger partial charge in [0.2, 0.25) is 5.89 Å². The zero-order valence-corrected chi connectivity index (χ0v) is 11.8. The molecule has 2 aromatic rings. The zero-order valence-electron chi connectivity index (χ0n) is 11.8. The minimum absolute atomic E-state index is 0.234. The SMILES string of the molecule is CCc1nnc(COc2cc(OC)ccc2CCN)o1. The van der Waals surface area contributed by atoms with E-state index in [2.05, 4.69) is 10.2 Å². The predicted molar refractivity (Wildman–Crippen MR) is 73.8 cm³/mol. The Labute approximate surface area is 117 Å². The van der Waals surface area contributed by atoms with Crippen LogP contribution in [0.3, 0.4) is 0 Å². The molecule has 0 aliphatic rings. The quantitative estimate of drug-likeness (QED) is 0.829. The molecule has 1 aromatic carbocycles. The molecule has 1 heterocycles. The molecule has 2 rings (SSSR count). The van der Waals surface area contributed by atoms with E-state index in [1.807, 2.05) is 25.1 Å². The van der Waals surface area contributed by atoms with Crippen molar-refractivity contribution in [1.29, 1.82) is 0 Å².